The number of nitrogens with zero attached hydrogens (tertiary/aromatic N) is 6. The summed E-state index contributed by atoms with van der Waals surface area (Å²) >= 11 is 1.39. The van der Waals surface area contributed by atoms with Crippen molar-refractivity contribution in [3.05, 3.63) is 76.8 Å². The zero-order valence-corrected chi connectivity index (χ0v) is 33.4. The van der Waals surface area contributed by atoms with Crippen LogP contribution < -0.4 is 14.8 Å². The van der Waals surface area contributed by atoms with Crippen molar-refractivity contribution >= 4 is 48.2 Å². The van der Waals surface area contributed by atoms with E-state index in [1.54, 1.807) is 22.7 Å². The molecule has 17 heteroatoms. The summed E-state index contributed by atoms with van der Waals surface area (Å²) < 4.78 is 77.3. The quantitative estimate of drug-likeness (QED) is 0.195. The van der Waals surface area contributed by atoms with Crippen LogP contribution in [0.4, 0.5) is 13.6 Å². The molecule has 0 saturated carbocycles. The van der Waals surface area contributed by atoms with Gasteiger partial charge in [-0.25, -0.2) is 27.0 Å². The molecular weight excluding hydrogens is 777 g/mol. The van der Waals surface area contributed by atoms with E-state index in [1.807, 2.05) is 48.3 Å². The van der Waals surface area contributed by atoms with Gasteiger partial charge in [0.1, 0.15) is 41.1 Å². The minimum Gasteiger partial charge on any atom is -0.493 e. The van der Waals surface area contributed by atoms with Crippen LogP contribution >= 0.6 is 11.3 Å². The molecule has 2 amide bonds. The highest BCUT2D eigenvalue weighted by molar-refractivity contribution is 7.93. The van der Waals surface area contributed by atoms with E-state index in [2.05, 4.69) is 10.4 Å². The van der Waals surface area contributed by atoms with E-state index in [0.717, 1.165) is 46.9 Å². The lowest BCUT2D eigenvalue weighted by molar-refractivity contribution is 0.0951. The van der Waals surface area contributed by atoms with Crippen LogP contribution in [0.25, 0.3) is 54.8 Å². The number of rotatable bonds is 4. The van der Waals surface area contributed by atoms with Gasteiger partial charge in [-0.3, -0.25) is 9.36 Å². The fourth-order valence-corrected chi connectivity index (χ4v) is 8.79. The summed E-state index contributed by atoms with van der Waals surface area (Å²) in [5.41, 5.74) is 4.05. The van der Waals surface area contributed by atoms with E-state index >= 15 is 4.39 Å². The second kappa shape index (κ2) is 15.5. The van der Waals surface area contributed by atoms with Gasteiger partial charge in [-0.2, -0.15) is 10.2 Å². The molecule has 8 rings (SSSR count). The Hall–Kier alpha value is -5.39. The van der Waals surface area contributed by atoms with Crippen molar-refractivity contribution in [3.63, 3.8) is 0 Å². The van der Waals surface area contributed by atoms with E-state index in [9.17, 15) is 17.6 Å². The number of hydrogen-bond acceptors (Lipinski definition) is 10. The number of sulfone groups is 1. The molecule has 2 aliphatic rings. The molecule has 2 bridgehead atoms. The zero-order valence-electron chi connectivity index (χ0n) is 31.8. The third kappa shape index (κ3) is 7.70. The highest BCUT2D eigenvalue weighted by atomic mass is 32.2. The predicted octanol–water partition coefficient (Wildman–Crippen LogP) is 7.26. The number of benzene rings is 2. The van der Waals surface area contributed by atoms with E-state index in [4.69, 9.17) is 24.3 Å². The number of nitrogens with one attached hydrogen (secondary N) is 1. The lowest BCUT2D eigenvalue weighted by Crippen LogP contribution is -2.48. The highest BCUT2D eigenvalue weighted by Gasteiger charge is 2.33. The number of aryl methyl sites for hydroxylation is 1. The van der Waals surface area contributed by atoms with Crippen LogP contribution in [0.2, 0.25) is 0 Å². The Bertz CT molecular complexity index is 2660. The van der Waals surface area contributed by atoms with Crippen LogP contribution in [0.5, 0.6) is 11.5 Å². The van der Waals surface area contributed by atoms with Gasteiger partial charge in [0.05, 0.1) is 54.5 Å². The highest BCUT2D eigenvalue weighted by Crippen LogP contribution is 2.49. The van der Waals surface area contributed by atoms with Gasteiger partial charge in [-0.1, -0.05) is 6.08 Å². The Morgan fingerprint density at radius 3 is 2.65 bits per heavy atom. The minimum absolute atomic E-state index is 0.00551. The van der Waals surface area contributed by atoms with Crippen molar-refractivity contribution in [2.75, 3.05) is 39.2 Å². The number of urea groups is 1. The molecule has 2 atom stereocenters. The molecule has 6 heterocycles. The number of hydrogen-bond donors (Lipinski definition) is 1. The smallest absolute Gasteiger partial charge is 0.318 e. The van der Waals surface area contributed by atoms with Crippen molar-refractivity contribution in [2.24, 2.45) is 7.05 Å². The normalized spacial score (nSPS) is 17.2. The Morgan fingerprint density at radius 1 is 1.02 bits per heavy atom. The second-order valence-corrected chi connectivity index (χ2v) is 17.1. The largest absolute Gasteiger partial charge is 0.493 e. The fourth-order valence-electron chi connectivity index (χ4n) is 7.32. The van der Waals surface area contributed by atoms with Crippen molar-refractivity contribution in [1.29, 1.82) is 0 Å². The summed E-state index contributed by atoms with van der Waals surface area (Å²) in [5.74, 6) is -1.00. The average molecular weight is 818 g/mol. The maximum absolute atomic E-state index is 16.4. The first-order valence-electron chi connectivity index (χ1n) is 18.6. The van der Waals surface area contributed by atoms with Gasteiger partial charge >= 0.3 is 6.03 Å². The topological polar surface area (TPSA) is 143 Å². The first-order valence-corrected chi connectivity index (χ1v) is 21.4. The minimum atomic E-state index is -3.36. The lowest BCUT2D eigenvalue weighted by atomic mass is 9.95. The van der Waals surface area contributed by atoms with Crippen molar-refractivity contribution in [1.82, 2.24) is 34.8 Å². The SMILES string of the molecule is C[C@H](/C=C\S(C)(=O)=O)NC(=O)N1CCn2nc(-c3nc4c5ccsc5c3-c3c(F)cc(F)cc3OCCOCCCCOc3cc5c(cnn5C)cc3-4)cc2[C@@H]1C. The maximum atomic E-state index is 16.4. The summed E-state index contributed by atoms with van der Waals surface area (Å²) in [5, 5.41) is 16.9. The van der Waals surface area contributed by atoms with Gasteiger partial charge < -0.3 is 24.4 Å². The Morgan fingerprint density at radius 2 is 1.82 bits per heavy atom. The molecule has 57 heavy (non-hydrogen) atoms. The van der Waals surface area contributed by atoms with Crippen LogP contribution in [0, 0.1) is 11.6 Å². The summed E-state index contributed by atoms with van der Waals surface area (Å²) in [6.45, 7) is 5.39. The fraction of sp³-hybridized carbons (Fsp3) is 0.350. The van der Waals surface area contributed by atoms with Crippen LogP contribution in [0.15, 0.2) is 59.5 Å². The van der Waals surface area contributed by atoms with E-state index in [-0.39, 0.29) is 30.6 Å². The number of amides is 2. The van der Waals surface area contributed by atoms with Gasteiger partial charge in [-0.15, -0.1) is 11.3 Å². The van der Waals surface area contributed by atoms with Crippen molar-refractivity contribution in [2.45, 2.75) is 45.3 Å². The van der Waals surface area contributed by atoms with Crippen LogP contribution in [0.1, 0.15) is 38.4 Å². The molecule has 6 aromatic rings. The number of aromatic nitrogens is 5. The maximum Gasteiger partial charge on any atom is 0.318 e. The van der Waals surface area contributed by atoms with E-state index in [0.29, 0.717) is 70.7 Å². The molecular formula is C40H41F2N7O6S2. The Labute approximate surface area is 331 Å². The number of carbonyl (C=O) groups excluding carboxylic acids is 1. The summed E-state index contributed by atoms with van der Waals surface area (Å²) in [4.78, 5) is 20.5. The molecule has 0 radical (unpaired) electrons. The average Bonchev–Trinajstić information content (AvgIpc) is 3.91. The van der Waals surface area contributed by atoms with Crippen LogP contribution in [-0.4, -0.2) is 89.2 Å². The molecule has 0 fully saturated rings. The van der Waals surface area contributed by atoms with Gasteiger partial charge in [0.25, 0.3) is 0 Å². The number of halogens is 2. The molecule has 0 saturated heterocycles. The van der Waals surface area contributed by atoms with Crippen molar-refractivity contribution < 1.29 is 36.2 Å². The summed E-state index contributed by atoms with van der Waals surface area (Å²) in [7, 11) is -1.50. The first-order chi connectivity index (χ1) is 27.4. The van der Waals surface area contributed by atoms with E-state index < -0.39 is 33.6 Å². The number of fused-ring (bicyclic) bond motifs is 6. The number of ether oxygens (including phenoxy) is 3. The third-order valence-electron chi connectivity index (χ3n) is 10.1. The molecule has 0 spiro atoms. The molecule has 298 valence electrons. The van der Waals surface area contributed by atoms with Gasteiger partial charge in [0.15, 0.2) is 9.84 Å². The lowest BCUT2D eigenvalue weighted by Gasteiger charge is -2.34. The molecule has 2 aliphatic heterocycles. The molecule has 0 unspecified atom stereocenters. The molecule has 2 aromatic carbocycles. The summed E-state index contributed by atoms with van der Waals surface area (Å²) in [6, 6.07) is 8.36. The van der Waals surface area contributed by atoms with E-state index in [1.165, 1.54) is 23.5 Å². The van der Waals surface area contributed by atoms with Gasteiger partial charge in [0, 0.05) is 82.7 Å². The van der Waals surface area contributed by atoms with Gasteiger partial charge in [-0.05, 0) is 50.3 Å². The predicted molar refractivity (Wildman–Crippen MR) is 214 cm³/mol. The zero-order chi connectivity index (χ0) is 40.0. The Kier molecular flexibility index (Phi) is 10.5. The monoisotopic (exact) mass is 817 g/mol. The molecule has 4 aromatic heterocycles. The van der Waals surface area contributed by atoms with Crippen LogP contribution in [-0.2, 0) is 28.2 Å². The third-order valence-corrected chi connectivity index (χ3v) is 11.7. The molecule has 13 nitrogen and oxygen atoms in total. The number of pyridine rings is 1. The standard InChI is InChI=1S/C40H41F2N7O6S2/c1-23(8-16-57(4,51)52)44-40(50)48-9-10-49-31(24(48)2)20-30(46-49)38-36-35-29(42)18-26(41)19-34(35)55-14-13-53-11-5-6-12-54-33-21-32-25(22-43-47(32)3)17-28(33)37(45-38)27-7-15-56-39(27)36/h7-8,15-24H,5-6,9-14H2,1-4H3,(H,44,50)/b16-8-/t23-,24+/m1/s1. The summed E-state index contributed by atoms with van der Waals surface area (Å²) in [6.07, 6.45) is 5.74. The van der Waals surface area contributed by atoms with Crippen LogP contribution in [0.3, 0.4) is 0 Å². The number of thiophene rings is 1. The van der Waals surface area contributed by atoms with Gasteiger partial charge in [0.2, 0.25) is 0 Å². The number of carbonyl (C=O) groups is 1. The Balaban J connectivity index is 1.31. The second-order valence-electron chi connectivity index (χ2n) is 14.2. The molecule has 1 N–H and O–H groups in total. The first kappa shape index (κ1) is 38.5. The molecule has 0 aliphatic carbocycles. The van der Waals surface area contributed by atoms with Crippen molar-refractivity contribution in [3.8, 4) is 45.3 Å².